The van der Waals surface area contributed by atoms with Crippen LogP contribution in [0.15, 0.2) is 109 Å². The molecule has 5 rings (SSSR count). The fourth-order valence-corrected chi connectivity index (χ4v) is 4.04. The van der Waals surface area contributed by atoms with Crippen LogP contribution in [0.1, 0.15) is 15.9 Å². The Morgan fingerprint density at radius 2 is 1.43 bits per heavy atom. The number of ether oxygens (including phenoxy) is 1. The van der Waals surface area contributed by atoms with Gasteiger partial charge in [0, 0.05) is 10.9 Å². The van der Waals surface area contributed by atoms with Crippen LogP contribution in [0.3, 0.4) is 0 Å². The van der Waals surface area contributed by atoms with Crippen LogP contribution in [0.4, 0.5) is 5.69 Å². The number of hydrogen-bond donors (Lipinski definition) is 1. The Labute approximate surface area is 213 Å². The van der Waals surface area contributed by atoms with Crippen LogP contribution in [0.25, 0.3) is 33.3 Å². The van der Waals surface area contributed by atoms with Crippen molar-refractivity contribution in [1.82, 2.24) is 4.98 Å². The maximum absolute atomic E-state index is 13.1. The molecule has 0 aliphatic heterocycles. The maximum Gasteiger partial charge on any atom is 0.339 e. The molecule has 0 aliphatic rings. The van der Waals surface area contributed by atoms with Crippen LogP contribution in [-0.2, 0) is 9.53 Å². The van der Waals surface area contributed by atoms with Crippen molar-refractivity contribution in [3.8, 4) is 28.5 Å². The second-order valence-corrected chi connectivity index (χ2v) is 8.30. The van der Waals surface area contributed by atoms with Crippen molar-refractivity contribution < 1.29 is 14.3 Å². The van der Waals surface area contributed by atoms with Crippen LogP contribution in [-0.4, -0.2) is 23.5 Å². The van der Waals surface area contributed by atoms with Gasteiger partial charge in [-0.2, -0.15) is 5.26 Å². The largest absolute Gasteiger partial charge is 0.452 e. The van der Waals surface area contributed by atoms with Crippen LogP contribution >= 0.6 is 0 Å². The third-order valence-electron chi connectivity index (χ3n) is 5.88. The molecule has 6 nitrogen and oxygen atoms in total. The molecular weight excluding hydrogens is 462 g/mol. The summed E-state index contributed by atoms with van der Waals surface area (Å²) in [4.78, 5) is 30.2. The van der Waals surface area contributed by atoms with Gasteiger partial charge in [-0.05, 0) is 35.4 Å². The van der Waals surface area contributed by atoms with Gasteiger partial charge in [-0.3, -0.25) is 4.79 Å². The number of benzene rings is 4. The number of anilines is 1. The topological polar surface area (TPSA) is 92.1 Å². The van der Waals surface area contributed by atoms with Crippen molar-refractivity contribution in [2.45, 2.75) is 0 Å². The van der Waals surface area contributed by atoms with E-state index in [9.17, 15) is 14.9 Å². The Morgan fingerprint density at radius 1 is 0.784 bits per heavy atom. The van der Waals surface area contributed by atoms with Crippen LogP contribution < -0.4 is 5.32 Å². The molecule has 0 radical (unpaired) electrons. The fourth-order valence-electron chi connectivity index (χ4n) is 4.04. The molecule has 0 saturated carbocycles. The molecule has 1 amide bonds. The molecule has 0 aliphatic carbocycles. The van der Waals surface area contributed by atoms with Gasteiger partial charge in [0.05, 0.1) is 28.0 Å². The SMILES string of the molecule is N#Cc1ccccc1NC(=O)COC(=O)c1cc(-c2ccc(-c3ccccc3)cc2)nc2ccccc12. The average Bonchev–Trinajstić information content (AvgIpc) is 2.96. The third-order valence-corrected chi connectivity index (χ3v) is 5.88. The monoisotopic (exact) mass is 483 g/mol. The number of carbonyl (C=O) groups excluding carboxylic acids is 2. The first-order valence-electron chi connectivity index (χ1n) is 11.6. The van der Waals surface area contributed by atoms with E-state index in [-0.39, 0.29) is 0 Å². The summed E-state index contributed by atoms with van der Waals surface area (Å²) in [5.41, 5.74) is 5.31. The van der Waals surface area contributed by atoms with Gasteiger partial charge in [0.25, 0.3) is 5.91 Å². The minimum Gasteiger partial charge on any atom is -0.452 e. The summed E-state index contributed by atoms with van der Waals surface area (Å²) in [6.45, 7) is -0.490. The summed E-state index contributed by atoms with van der Waals surface area (Å²) < 4.78 is 5.35. The van der Waals surface area contributed by atoms with E-state index in [0.717, 1.165) is 16.7 Å². The number of para-hydroxylation sites is 2. The number of nitrogens with one attached hydrogen (secondary N) is 1. The molecule has 37 heavy (non-hydrogen) atoms. The molecule has 0 bridgehead atoms. The highest BCUT2D eigenvalue weighted by molar-refractivity contribution is 6.05. The molecule has 0 unspecified atom stereocenters. The summed E-state index contributed by atoms with van der Waals surface area (Å²) in [5.74, 6) is -1.17. The smallest absolute Gasteiger partial charge is 0.339 e. The van der Waals surface area contributed by atoms with E-state index in [4.69, 9.17) is 9.72 Å². The molecule has 5 aromatic rings. The molecule has 6 heteroatoms. The lowest BCUT2D eigenvalue weighted by atomic mass is 10.0. The molecule has 4 aromatic carbocycles. The number of hydrogen-bond acceptors (Lipinski definition) is 5. The lowest BCUT2D eigenvalue weighted by molar-refractivity contribution is -0.119. The lowest BCUT2D eigenvalue weighted by Gasteiger charge is -2.11. The number of rotatable bonds is 6. The van der Waals surface area contributed by atoms with Gasteiger partial charge in [-0.1, -0.05) is 84.9 Å². The van der Waals surface area contributed by atoms with E-state index < -0.39 is 18.5 Å². The standard InChI is InChI=1S/C31H21N3O3/c32-19-24-10-4-6-12-27(24)34-30(35)20-37-31(36)26-18-29(33-28-13-7-5-11-25(26)28)23-16-14-22(15-17-23)21-8-2-1-3-9-21/h1-18H,20H2,(H,34,35). The summed E-state index contributed by atoms with van der Waals surface area (Å²) in [6.07, 6.45) is 0. The number of nitriles is 1. The number of amides is 1. The Kier molecular flexibility index (Phi) is 6.69. The second kappa shape index (κ2) is 10.5. The van der Waals surface area contributed by atoms with E-state index in [1.165, 1.54) is 0 Å². The Bertz CT molecular complexity index is 1640. The van der Waals surface area contributed by atoms with Gasteiger partial charge in [0.15, 0.2) is 6.61 Å². The highest BCUT2D eigenvalue weighted by atomic mass is 16.5. The molecule has 0 saturated heterocycles. The van der Waals surface area contributed by atoms with E-state index in [2.05, 4.69) is 5.32 Å². The van der Waals surface area contributed by atoms with Crippen molar-refractivity contribution in [1.29, 1.82) is 5.26 Å². The first-order chi connectivity index (χ1) is 18.1. The van der Waals surface area contributed by atoms with E-state index in [1.807, 2.05) is 78.9 Å². The van der Waals surface area contributed by atoms with Gasteiger partial charge in [-0.25, -0.2) is 9.78 Å². The highest BCUT2D eigenvalue weighted by Gasteiger charge is 2.17. The molecule has 0 fully saturated rings. The molecule has 0 spiro atoms. The van der Waals surface area contributed by atoms with Crippen molar-refractivity contribution >= 4 is 28.5 Å². The molecular formula is C31H21N3O3. The molecule has 1 heterocycles. The summed E-state index contributed by atoms with van der Waals surface area (Å²) >= 11 is 0. The quantitative estimate of drug-likeness (QED) is 0.289. The van der Waals surface area contributed by atoms with Crippen molar-refractivity contribution in [2.24, 2.45) is 0 Å². The lowest BCUT2D eigenvalue weighted by Crippen LogP contribution is -2.21. The first kappa shape index (κ1) is 23.5. The predicted molar refractivity (Wildman–Crippen MR) is 143 cm³/mol. The number of aromatic nitrogens is 1. The van der Waals surface area contributed by atoms with E-state index in [1.54, 1.807) is 36.4 Å². The predicted octanol–water partition coefficient (Wildman–Crippen LogP) is 6.24. The van der Waals surface area contributed by atoms with E-state index in [0.29, 0.717) is 33.4 Å². The van der Waals surface area contributed by atoms with Crippen LogP contribution in [0.2, 0.25) is 0 Å². The number of fused-ring (bicyclic) bond motifs is 1. The van der Waals surface area contributed by atoms with Gasteiger partial charge in [-0.15, -0.1) is 0 Å². The van der Waals surface area contributed by atoms with Crippen molar-refractivity contribution in [2.75, 3.05) is 11.9 Å². The zero-order valence-corrected chi connectivity index (χ0v) is 19.7. The number of carbonyl (C=O) groups is 2. The summed E-state index contributed by atoms with van der Waals surface area (Å²) in [7, 11) is 0. The van der Waals surface area contributed by atoms with Crippen LogP contribution in [0, 0.1) is 11.3 Å². The average molecular weight is 484 g/mol. The normalized spacial score (nSPS) is 10.5. The Morgan fingerprint density at radius 3 is 2.22 bits per heavy atom. The number of pyridine rings is 1. The van der Waals surface area contributed by atoms with Crippen LogP contribution in [0.5, 0.6) is 0 Å². The zero-order valence-electron chi connectivity index (χ0n) is 19.7. The second-order valence-electron chi connectivity index (χ2n) is 8.30. The van der Waals surface area contributed by atoms with E-state index >= 15 is 0 Å². The minimum atomic E-state index is -0.635. The van der Waals surface area contributed by atoms with Gasteiger partial charge in [0.2, 0.25) is 0 Å². The van der Waals surface area contributed by atoms with Crippen molar-refractivity contribution in [3.63, 3.8) is 0 Å². The molecule has 1 aromatic heterocycles. The zero-order chi connectivity index (χ0) is 25.6. The highest BCUT2D eigenvalue weighted by Crippen LogP contribution is 2.28. The molecule has 0 atom stereocenters. The van der Waals surface area contributed by atoms with Gasteiger partial charge < -0.3 is 10.1 Å². The third kappa shape index (κ3) is 5.21. The minimum absolute atomic E-state index is 0.318. The first-order valence-corrected chi connectivity index (χ1v) is 11.6. The summed E-state index contributed by atoms with van der Waals surface area (Å²) in [6, 6.07) is 35.7. The fraction of sp³-hybridized carbons (Fsp3) is 0.0323. The molecule has 1 N–H and O–H groups in total. The Balaban J connectivity index is 1.38. The Hall–Kier alpha value is -5.28. The number of esters is 1. The van der Waals surface area contributed by atoms with Crippen molar-refractivity contribution in [3.05, 3.63) is 120 Å². The maximum atomic E-state index is 13.1. The van der Waals surface area contributed by atoms with Gasteiger partial charge >= 0.3 is 5.97 Å². The number of nitrogens with zero attached hydrogens (tertiary/aromatic N) is 2. The van der Waals surface area contributed by atoms with Gasteiger partial charge in [0.1, 0.15) is 6.07 Å². The summed E-state index contributed by atoms with van der Waals surface area (Å²) in [5, 5.41) is 12.4. The molecule has 178 valence electrons.